The minimum absolute atomic E-state index is 0.00597. The Morgan fingerprint density at radius 2 is 0.496 bits per heavy atom. The second-order valence-corrected chi connectivity index (χ2v) is 30.1. The number of rotatable bonds is 4. The first-order chi connectivity index (χ1) is 67.2. The van der Waals surface area contributed by atoms with Crippen molar-refractivity contribution in [1.29, 1.82) is 26.3 Å². The average molecular weight is 1910 g/mol. The molecule has 0 aliphatic rings. The Labute approximate surface area is 779 Å². The molecule has 0 aliphatic heterocycles. The van der Waals surface area contributed by atoms with Gasteiger partial charge in [-0.1, -0.05) is 37.4 Å². The first kappa shape index (κ1) is 94.3. The molecule has 34 nitrogen and oxygen atoms in total. The lowest BCUT2D eigenvalue weighted by Gasteiger charge is -2.17. The third kappa shape index (κ3) is 16.2. The van der Waals surface area contributed by atoms with E-state index in [9.17, 15) is 83.4 Å². The first-order valence-corrected chi connectivity index (χ1v) is 39.9. The number of hydrogen-bond donors (Lipinski definition) is 0. The Morgan fingerprint density at radius 3 is 0.830 bits per heavy atom. The van der Waals surface area contributed by atoms with Gasteiger partial charge in [0.15, 0.2) is 22.8 Å². The Kier molecular flexibility index (Phi) is 23.9. The minimum Gasteiger partial charge on any atom is -0.477 e. The van der Waals surface area contributed by atoms with Gasteiger partial charge >= 0.3 is 18.5 Å². The average Bonchev–Trinajstić information content (AvgIpc) is 0.752. The highest BCUT2D eigenvalue weighted by Crippen LogP contribution is 2.47. The van der Waals surface area contributed by atoms with E-state index < -0.39 is 70.3 Å². The van der Waals surface area contributed by atoms with E-state index in [2.05, 4.69) is 115 Å². The van der Waals surface area contributed by atoms with E-state index in [-0.39, 0.29) is 162 Å². The topological polar surface area (TPSA) is 435 Å². The lowest BCUT2D eigenvalue weighted by Crippen LogP contribution is -2.21. The molecule has 0 atom stereocenters. The van der Waals surface area contributed by atoms with Gasteiger partial charge in [-0.3, -0.25) is 0 Å². The summed E-state index contributed by atoms with van der Waals surface area (Å²) in [5, 5.41) is 50.2. The summed E-state index contributed by atoms with van der Waals surface area (Å²) < 4.78 is 197. The molecule has 10 aromatic carbocycles. The molecule has 0 amide bonds. The van der Waals surface area contributed by atoms with Gasteiger partial charge in [0.1, 0.15) is 89.4 Å². The molecule has 10 heterocycles. The number of benzene rings is 10. The largest absolute Gasteiger partial charge is 0.477 e. The van der Waals surface area contributed by atoms with Crippen LogP contribution in [0.15, 0.2) is 72.8 Å². The maximum absolute atomic E-state index is 13.6. The summed E-state index contributed by atoms with van der Waals surface area (Å²) in [6.07, 6.45) is -15.5. The monoisotopic (exact) mass is 1900 g/mol. The van der Waals surface area contributed by atoms with Crippen molar-refractivity contribution in [3.63, 3.8) is 0 Å². The molecule has 10 aromatic heterocycles. The van der Waals surface area contributed by atoms with Gasteiger partial charge in [-0.2, -0.15) is 83.4 Å². The molecule has 20 rings (SSSR count). The van der Waals surface area contributed by atoms with Crippen molar-refractivity contribution in [3.05, 3.63) is 238 Å². The molecule has 0 saturated heterocycles. The number of aromatic nitrogens is 20. The lowest BCUT2D eigenvalue weighted by molar-refractivity contribution is -0.167. The number of alkyl halides is 9. The van der Waals surface area contributed by atoms with Crippen LogP contribution in [0.1, 0.15) is 84.8 Å². The van der Waals surface area contributed by atoms with Crippen molar-refractivity contribution in [2.75, 3.05) is 28.4 Å². The predicted octanol–water partition coefficient (Wildman–Crippen LogP) is 21.5. The number of nitriles is 5. The third-order valence-electron chi connectivity index (χ3n) is 22.0. The fraction of sp³-hybridized carbons (Fsp3) is 0.149. The van der Waals surface area contributed by atoms with Gasteiger partial charge in [0.05, 0.1) is 145 Å². The normalized spacial score (nSPS) is 11.3. The van der Waals surface area contributed by atoms with Crippen molar-refractivity contribution in [1.82, 2.24) is 99.7 Å². The van der Waals surface area contributed by atoms with Crippen molar-refractivity contribution < 1.29 is 76.0 Å². The molecule has 0 bridgehead atoms. The molecule has 0 fully saturated rings. The summed E-state index contributed by atoms with van der Waals surface area (Å²) >= 11 is 0. The first-order valence-electron chi connectivity index (χ1n) is 39.9. The van der Waals surface area contributed by atoms with Crippen molar-refractivity contribution >= 4 is 193 Å². The Balaban J connectivity index is 0.000000127. The summed E-state index contributed by atoms with van der Waals surface area (Å²) in [6.45, 7) is 48.3. The molecular weight excluding hydrogens is 1860 g/mol. The summed E-state index contributed by atoms with van der Waals surface area (Å²) in [4.78, 5) is 98.7. The van der Waals surface area contributed by atoms with E-state index in [4.69, 9.17) is 66.8 Å². The zero-order valence-electron chi connectivity index (χ0n) is 73.4. The van der Waals surface area contributed by atoms with Gasteiger partial charge in [0.25, 0.3) is 58.9 Å². The summed E-state index contributed by atoms with van der Waals surface area (Å²) in [5.74, 6) is -5.63. The Hall–Kier alpha value is -19.9. The summed E-state index contributed by atoms with van der Waals surface area (Å²) in [6, 6.07) is 27.2. The fourth-order valence-electron chi connectivity index (χ4n) is 15.2. The van der Waals surface area contributed by atoms with Gasteiger partial charge in [-0.25, -0.2) is 104 Å². The van der Waals surface area contributed by atoms with Crippen molar-refractivity contribution in [3.8, 4) is 53.9 Å². The zero-order chi connectivity index (χ0) is 102. The van der Waals surface area contributed by atoms with Crippen LogP contribution in [0.4, 0.5) is 85.8 Å². The third-order valence-corrected chi connectivity index (χ3v) is 22.0. The number of fused-ring (bicyclic) bond motifs is 30. The van der Waals surface area contributed by atoms with E-state index >= 15 is 0 Å². The molecule has 0 N–H and O–H groups in total. The molecule has 0 unspecified atom stereocenters. The van der Waals surface area contributed by atoms with E-state index in [1.54, 1.807) is 57.6 Å². The number of methoxy groups -OCH3 is 4. The lowest BCUT2D eigenvalue weighted by atomic mass is 9.98. The number of aryl methyl sites for hydroxylation is 7. The molecular formula is C94H45F13N30O4. The smallest absolute Gasteiger partial charge is 0.435 e. The molecule has 0 saturated carbocycles. The van der Waals surface area contributed by atoms with Crippen LogP contribution in [-0.2, 0) is 18.5 Å². The highest BCUT2D eigenvalue weighted by Gasteiger charge is 2.47. The summed E-state index contributed by atoms with van der Waals surface area (Å²) in [5.41, 5.74) is 0.607. The number of nitrogens with zero attached hydrogens (tertiary/aromatic N) is 30. The quantitative estimate of drug-likeness (QED) is 0.0897. The van der Waals surface area contributed by atoms with E-state index in [1.807, 2.05) is 52.0 Å². The van der Waals surface area contributed by atoms with E-state index in [0.717, 1.165) is 62.2 Å². The van der Waals surface area contributed by atoms with E-state index in [1.165, 1.54) is 52.3 Å². The zero-order valence-corrected chi connectivity index (χ0v) is 73.4. The van der Waals surface area contributed by atoms with Crippen molar-refractivity contribution in [2.24, 2.45) is 0 Å². The Morgan fingerprint density at radius 1 is 0.262 bits per heavy atom. The van der Waals surface area contributed by atoms with Gasteiger partial charge in [-0.05, 0) is 103 Å². The second kappa shape index (κ2) is 35.8. The SMILES string of the molecule is COc1nc2c3ccccc3c3nc(C)c(C)nc3c2nc1OC.[C-]#[N+]c1cc2c(cc1C#N)c1nc(C(F)(F)F)c(C(F)(F)F)nc1c1nc(C)c(C)nc21.[C-]#[N+]c1cc2c(cc1C#N)c1nc(F)c(F)nc1c1nc(F)c(F)nc21.[C-]#[N+]c1cc2c(cc1C#N)c1nc(OC)c(OC)nc1c1nc(C)c(C)nc21.[C-]#[N+]c1nc2c3cc(C)c(C(F)(F)F)cc3c3nc(C#N)c(C#N)nc3c2nc1[N+]#[C-]. The second-order valence-electron chi connectivity index (χ2n) is 30.1. The maximum atomic E-state index is 13.6. The maximum Gasteiger partial charge on any atom is 0.435 e. The standard InChI is InChI=1S/C20H8F6N6.C20H5F3N8.C20H14N6O2.C18H16N4O2.C16H2F4N6/c1-7-8(2)30-15-13(29-7)11-5-12(28-3)9(6-27)4-10(11)14-16(15)32-18(20(24,25)26)17(31-14)19(21,22)23;1-8-4-9-10(5-11(8)20(21,22)23)14-16(29-13(7-25)12(6-24)28-14)17-15(9)30-18(26-2)19(27-3)31-17;1-9-10(2)24-17-15(23-9)13-7-14(22-3)11(8-21)6-12(13)16-18(17)26-20(28-5)19(25-16)27-4;1-9-10(2)20-15-13(19-9)11-7-5-6-8-12(11)14-16(15)22-18(24-4)17(21-14)23-3;1-22-8-3-7-6(2-5(8)4-21)9-11(25-15(19)13(17)23-9)12-10(7)24-14(18)16(20)26-12/h4-5H,1-2H3;4-5H,1H3;6-7H,1-2,4-5H3;5-8H,1-4H3;2-3H. The number of halogens is 13. The molecule has 0 aliphatic carbocycles. The van der Waals surface area contributed by atoms with Crippen molar-refractivity contribution in [2.45, 2.75) is 67.0 Å². The minimum atomic E-state index is -5.45. The highest BCUT2D eigenvalue weighted by atomic mass is 19.4. The van der Waals surface area contributed by atoms with Crippen LogP contribution in [0.3, 0.4) is 0 Å². The van der Waals surface area contributed by atoms with Crippen LogP contribution in [0.25, 0.3) is 188 Å². The van der Waals surface area contributed by atoms with Gasteiger partial charge in [0.2, 0.25) is 28.1 Å². The van der Waals surface area contributed by atoms with Crippen LogP contribution in [-0.4, -0.2) is 128 Å². The molecule has 0 spiro atoms. The molecule has 47 heteroatoms. The highest BCUT2D eigenvalue weighted by molar-refractivity contribution is 6.26. The molecule has 686 valence electrons. The van der Waals surface area contributed by atoms with Gasteiger partial charge in [-0.15, -0.1) is 9.97 Å². The molecule has 0 radical (unpaired) electrons. The molecule has 141 heavy (non-hydrogen) atoms. The van der Waals surface area contributed by atoms with Gasteiger partial charge < -0.3 is 28.6 Å². The predicted molar refractivity (Wildman–Crippen MR) is 480 cm³/mol. The van der Waals surface area contributed by atoms with Gasteiger partial charge in [0, 0.05) is 53.9 Å². The van der Waals surface area contributed by atoms with Crippen LogP contribution < -0.4 is 18.9 Å². The summed E-state index contributed by atoms with van der Waals surface area (Å²) in [7, 11) is 6.06. The van der Waals surface area contributed by atoms with Crippen LogP contribution >= 0.6 is 0 Å². The van der Waals surface area contributed by atoms with Crippen LogP contribution in [0.2, 0.25) is 0 Å². The van der Waals surface area contributed by atoms with Crippen LogP contribution in [0, 0.1) is 162 Å². The number of ether oxygens (including phenoxy) is 4. The van der Waals surface area contributed by atoms with Crippen LogP contribution in [0.5, 0.6) is 23.5 Å². The number of hydrogen-bond acceptors (Lipinski definition) is 29. The fourth-order valence-corrected chi connectivity index (χ4v) is 15.2. The molecule has 20 aromatic rings. The van der Waals surface area contributed by atoms with E-state index in [0.29, 0.717) is 61.5 Å². The Bertz CT molecular complexity index is 9430.